The van der Waals surface area contributed by atoms with Gasteiger partial charge in [-0.15, -0.1) is 0 Å². The van der Waals surface area contributed by atoms with Crippen molar-refractivity contribution < 1.29 is 19.1 Å². The number of fused-ring (bicyclic) bond motifs is 1. The zero-order chi connectivity index (χ0) is 19.4. The van der Waals surface area contributed by atoms with E-state index in [2.05, 4.69) is 40.7 Å². The van der Waals surface area contributed by atoms with Gasteiger partial charge in [0.15, 0.2) is 0 Å². The van der Waals surface area contributed by atoms with Gasteiger partial charge in [0.25, 0.3) is 12.9 Å². The number of allylic oxidation sites excluding steroid dienone is 2. The van der Waals surface area contributed by atoms with Crippen molar-refractivity contribution in [3.63, 3.8) is 0 Å². The minimum atomic E-state index is -0.00717. The third-order valence-electron chi connectivity index (χ3n) is 7.45. The molecule has 2 aliphatic carbocycles. The van der Waals surface area contributed by atoms with Crippen LogP contribution in [0.4, 0.5) is 0 Å². The Morgan fingerprint density at radius 2 is 1.96 bits per heavy atom. The average molecular weight is 365 g/mol. The molecule has 4 nitrogen and oxygen atoms in total. The van der Waals surface area contributed by atoms with Gasteiger partial charge >= 0.3 is 0 Å². The summed E-state index contributed by atoms with van der Waals surface area (Å²) in [5, 5.41) is 0. The van der Waals surface area contributed by atoms with Crippen molar-refractivity contribution in [2.45, 2.75) is 79.2 Å². The van der Waals surface area contributed by atoms with Gasteiger partial charge in [-0.05, 0) is 68.6 Å². The fourth-order valence-electron chi connectivity index (χ4n) is 5.80. The summed E-state index contributed by atoms with van der Waals surface area (Å²) in [7, 11) is 0. The first-order valence-corrected chi connectivity index (χ1v) is 10.1. The standard InChI is InChI=1S/C22H36O4/c1-16(11-13-25-14-23)6-8-18-17(2)7-9-19-21(3,4)20(26-15-24)10-12-22(18,19)5/h7,14-16,18-20H,6,8-13H2,1-5H3/t16-,18-,19-,20-,22+/m0/s1. The highest BCUT2D eigenvalue weighted by Gasteiger charge is 2.55. The molecule has 0 spiro atoms. The fourth-order valence-corrected chi connectivity index (χ4v) is 5.80. The summed E-state index contributed by atoms with van der Waals surface area (Å²) in [5.74, 6) is 1.65. The topological polar surface area (TPSA) is 52.6 Å². The molecule has 5 atom stereocenters. The summed E-state index contributed by atoms with van der Waals surface area (Å²) in [5.41, 5.74) is 1.77. The maximum atomic E-state index is 10.9. The van der Waals surface area contributed by atoms with Crippen LogP contribution in [-0.4, -0.2) is 25.7 Å². The molecule has 1 saturated carbocycles. The van der Waals surface area contributed by atoms with E-state index in [1.54, 1.807) is 0 Å². The molecule has 0 unspecified atom stereocenters. The van der Waals surface area contributed by atoms with Crippen molar-refractivity contribution in [3.8, 4) is 0 Å². The predicted molar refractivity (Wildman–Crippen MR) is 102 cm³/mol. The summed E-state index contributed by atoms with van der Waals surface area (Å²) in [6, 6.07) is 0. The van der Waals surface area contributed by atoms with Crippen LogP contribution >= 0.6 is 0 Å². The van der Waals surface area contributed by atoms with E-state index in [9.17, 15) is 9.59 Å². The summed E-state index contributed by atoms with van der Waals surface area (Å²) in [6.45, 7) is 13.2. The van der Waals surface area contributed by atoms with Gasteiger partial charge in [-0.2, -0.15) is 0 Å². The van der Waals surface area contributed by atoms with Crippen molar-refractivity contribution >= 4 is 12.9 Å². The van der Waals surface area contributed by atoms with Crippen LogP contribution in [0.25, 0.3) is 0 Å². The molecule has 0 saturated heterocycles. The highest BCUT2D eigenvalue weighted by atomic mass is 16.5. The molecular weight excluding hydrogens is 328 g/mol. The maximum Gasteiger partial charge on any atom is 0.293 e. The number of carbonyl (C=O) groups is 2. The average Bonchev–Trinajstić information content (AvgIpc) is 2.57. The first kappa shape index (κ1) is 21.0. The van der Waals surface area contributed by atoms with Crippen molar-refractivity contribution in [1.29, 1.82) is 0 Å². The molecule has 2 rings (SSSR count). The SMILES string of the molecule is CC1=CC[C@H]2C(C)(C)[C@@H](OC=O)CC[C@]2(C)[C@H]1CC[C@H](C)CCOC=O. The van der Waals surface area contributed by atoms with Crippen LogP contribution in [-0.2, 0) is 19.1 Å². The van der Waals surface area contributed by atoms with Crippen LogP contribution in [0.1, 0.15) is 73.1 Å². The lowest BCUT2D eigenvalue weighted by Gasteiger charge is -2.58. The second-order valence-corrected chi connectivity index (χ2v) is 9.31. The zero-order valence-electron chi connectivity index (χ0n) is 17.1. The summed E-state index contributed by atoms with van der Waals surface area (Å²) < 4.78 is 10.3. The van der Waals surface area contributed by atoms with Gasteiger partial charge in [-0.1, -0.05) is 39.3 Å². The van der Waals surface area contributed by atoms with E-state index in [1.807, 2.05) is 0 Å². The Labute approximate surface area is 158 Å². The Balaban J connectivity index is 2.10. The monoisotopic (exact) mass is 364 g/mol. The highest BCUT2D eigenvalue weighted by Crippen LogP contribution is 2.61. The maximum absolute atomic E-state index is 10.9. The van der Waals surface area contributed by atoms with E-state index in [1.165, 1.54) is 12.0 Å². The van der Waals surface area contributed by atoms with Crippen LogP contribution < -0.4 is 0 Å². The molecule has 1 fully saturated rings. The van der Waals surface area contributed by atoms with Crippen LogP contribution in [0, 0.1) is 28.6 Å². The Bertz CT molecular complexity index is 524. The number of rotatable bonds is 9. The van der Waals surface area contributed by atoms with Crippen molar-refractivity contribution in [3.05, 3.63) is 11.6 Å². The van der Waals surface area contributed by atoms with E-state index in [0.29, 0.717) is 37.3 Å². The fraction of sp³-hybridized carbons (Fsp3) is 0.818. The van der Waals surface area contributed by atoms with Crippen LogP contribution in [0.2, 0.25) is 0 Å². The van der Waals surface area contributed by atoms with Gasteiger partial charge in [0.2, 0.25) is 0 Å². The van der Waals surface area contributed by atoms with Gasteiger partial charge in [0.1, 0.15) is 6.10 Å². The Morgan fingerprint density at radius 3 is 2.62 bits per heavy atom. The molecule has 0 aromatic heterocycles. The molecule has 0 aromatic carbocycles. The van der Waals surface area contributed by atoms with E-state index < -0.39 is 0 Å². The highest BCUT2D eigenvalue weighted by molar-refractivity contribution is 5.38. The first-order chi connectivity index (χ1) is 12.3. The minimum absolute atomic E-state index is 0.00717. The second-order valence-electron chi connectivity index (χ2n) is 9.31. The van der Waals surface area contributed by atoms with E-state index in [0.717, 1.165) is 32.1 Å². The molecular formula is C22H36O4. The molecule has 148 valence electrons. The predicted octanol–water partition coefficient (Wildman–Crippen LogP) is 4.92. The molecule has 0 bridgehead atoms. The Morgan fingerprint density at radius 1 is 1.23 bits per heavy atom. The van der Waals surface area contributed by atoms with Crippen molar-refractivity contribution in [1.82, 2.24) is 0 Å². The third-order valence-corrected chi connectivity index (χ3v) is 7.45. The summed E-state index contributed by atoms with van der Waals surface area (Å²) in [4.78, 5) is 21.2. The summed E-state index contributed by atoms with van der Waals surface area (Å²) >= 11 is 0. The van der Waals surface area contributed by atoms with Gasteiger partial charge in [-0.25, -0.2) is 0 Å². The van der Waals surface area contributed by atoms with E-state index >= 15 is 0 Å². The number of hydrogen-bond acceptors (Lipinski definition) is 4. The lowest BCUT2D eigenvalue weighted by atomic mass is 9.47. The van der Waals surface area contributed by atoms with Crippen molar-refractivity contribution in [2.24, 2.45) is 28.6 Å². The van der Waals surface area contributed by atoms with E-state index in [-0.39, 0.29) is 16.9 Å². The normalized spacial score (nSPS) is 34.2. The largest absolute Gasteiger partial charge is 0.468 e. The molecule has 0 amide bonds. The molecule has 0 aromatic rings. The zero-order valence-corrected chi connectivity index (χ0v) is 17.1. The van der Waals surface area contributed by atoms with Crippen LogP contribution in [0.15, 0.2) is 11.6 Å². The number of carbonyl (C=O) groups excluding carboxylic acids is 2. The molecule has 0 radical (unpaired) electrons. The molecule has 0 N–H and O–H groups in total. The second kappa shape index (κ2) is 8.58. The van der Waals surface area contributed by atoms with Crippen molar-refractivity contribution in [2.75, 3.05) is 6.61 Å². The Kier molecular flexibility index (Phi) is 6.92. The van der Waals surface area contributed by atoms with Gasteiger partial charge in [-0.3, -0.25) is 9.59 Å². The third kappa shape index (κ3) is 4.15. The summed E-state index contributed by atoms with van der Waals surface area (Å²) in [6.07, 6.45) is 8.82. The van der Waals surface area contributed by atoms with Crippen LogP contribution in [0.5, 0.6) is 0 Å². The van der Waals surface area contributed by atoms with Gasteiger partial charge in [0.05, 0.1) is 6.61 Å². The molecule has 0 aliphatic heterocycles. The molecule has 0 heterocycles. The van der Waals surface area contributed by atoms with Gasteiger partial charge in [0, 0.05) is 5.41 Å². The molecule has 4 heteroatoms. The molecule has 26 heavy (non-hydrogen) atoms. The Hall–Kier alpha value is -1.32. The van der Waals surface area contributed by atoms with E-state index in [4.69, 9.17) is 9.47 Å². The number of hydrogen-bond donors (Lipinski definition) is 0. The van der Waals surface area contributed by atoms with Crippen LogP contribution in [0.3, 0.4) is 0 Å². The quantitative estimate of drug-likeness (QED) is 0.331. The molecule has 2 aliphatic rings. The van der Waals surface area contributed by atoms with Gasteiger partial charge < -0.3 is 9.47 Å². The first-order valence-electron chi connectivity index (χ1n) is 10.1. The number of ether oxygens (including phenoxy) is 2. The lowest BCUT2D eigenvalue weighted by molar-refractivity contribution is -0.160. The lowest BCUT2D eigenvalue weighted by Crippen LogP contribution is -2.54. The smallest absolute Gasteiger partial charge is 0.293 e. The minimum Gasteiger partial charge on any atom is -0.468 e.